The molecule has 1 unspecified atom stereocenters. The quantitative estimate of drug-likeness (QED) is 0.855. The highest BCUT2D eigenvalue weighted by Gasteiger charge is 2.44. The predicted octanol–water partition coefficient (Wildman–Crippen LogP) is 1.84. The van der Waals surface area contributed by atoms with Gasteiger partial charge in [-0.15, -0.1) is 0 Å². The molecule has 0 fully saturated rings. The molecule has 2 rings (SSSR count). The van der Waals surface area contributed by atoms with Crippen molar-refractivity contribution in [3.05, 3.63) is 47.2 Å². The highest BCUT2D eigenvalue weighted by atomic mass is 16.5. The van der Waals surface area contributed by atoms with Crippen molar-refractivity contribution in [1.82, 2.24) is 5.32 Å². The third-order valence-electron chi connectivity index (χ3n) is 3.23. The zero-order valence-corrected chi connectivity index (χ0v) is 11.7. The topological polar surface area (TPSA) is 64.6 Å². The van der Waals surface area contributed by atoms with Crippen molar-refractivity contribution in [2.24, 2.45) is 0 Å². The molecule has 0 bridgehead atoms. The number of rotatable bonds is 3. The molecule has 0 aromatic heterocycles. The first kappa shape index (κ1) is 14.1. The second kappa shape index (κ2) is 5.36. The smallest absolute Gasteiger partial charge is 0.337 e. The van der Waals surface area contributed by atoms with Gasteiger partial charge in [0.15, 0.2) is 0 Å². The first-order valence-electron chi connectivity index (χ1n) is 6.30. The summed E-state index contributed by atoms with van der Waals surface area (Å²) in [5.74, 6) is -0.201. The number of hydrogen-bond acceptors (Lipinski definition) is 4. The van der Waals surface area contributed by atoms with Crippen LogP contribution in [0, 0.1) is 0 Å². The summed E-state index contributed by atoms with van der Waals surface area (Å²) in [7, 11) is 1.32. The highest BCUT2D eigenvalue weighted by Crippen LogP contribution is 2.40. The summed E-state index contributed by atoms with van der Waals surface area (Å²) in [6.07, 6.45) is 0.245. The van der Waals surface area contributed by atoms with Gasteiger partial charge in [0.2, 0.25) is 11.6 Å². The lowest BCUT2D eigenvalue weighted by Crippen LogP contribution is -2.45. The molecule has 1 aromatic carbocycles. The first-order valence-corrected chi connectivity index (χ1v) is 6.30. The van der Waals surface area contributed by atoms with Crippen molar-refractivity contribution in [1.29, 1.82) is 0 Å². The third-order valence-corrected chi connectivity index (χ3v) is 3.23. The van der Waals surface area contributed by atoms with Crippen LogP contribution in [0.3, 0.4) is 0 Å². The average molecular weight is 275 g/mol. The molecule has 1 aliphatic heterocycles. The molecule has 106 valence electrons. The van der Waals surface area contributed by atoms with Crippen molar-refractivity contribution < 1.29 is 19.1 Å². The van der Waals surface area contributed by atoms with E-state index in [9.17, 15) is 9.59 Å². The average Bonchev–Trinajstić information content (AvgIpc) is 2.76. The second-order valence-corrected chi connectivity index (χ2v) is 4.68. The molecule has 0 spiro atoms. The number of allylic oxidation sites excluding steroid dienone is 1. The van der Waals surface area contributed by atoms with Gasteiger partial charge in [-0.25, -0.2) is 4.79 Å². The Morgan fingerprint density at radius 1 is 1.30 bits per heavy atom. The van der Waals surface area contributed by atoms with Crippen molar-refractivity contribution in [2.75, 3.05) is 7.11 Å². The fraction of sp³-hybridized carbons (Fsp3) is 0.333. The predicted molar refractivity (Wildman–Crippen MR) is 72.4 cm³/mol. The molecule has 5 nitrogen and oxygen atoms in total. The van der Waals surface area contributed by atoms with Gasteiger partial charge in [0.25, 0.3) is 0 Å². The fourth-order valence-electron chi connectivity index (χ4n) is 2.37. The van der Waals surface area contributed by atoms with Crippen LogP contribution in [0.15, 0.2) is 41.7 Å². The number of benzene rings is 1. The molecule has 1 aliphatic rings. The van der Waals surface area contributed by atoms with E-state index < -0.39 is 11.7 Å². The Labute approximate surface area is 117 Å². The number of hydrogen-bond donors (Lipinski definition) is 1. The Morgan fingerprint density at radius 2 is 1.95 bits per heavy atom. The normalized spacial score (nSPS) is 21.4. The van der Waals surface area contributed by atoms with Crippen LogP contribution in [0.25, 0.3) is 0 Å². The Morgan fingerprint density at radius 3 is 2.50 bits per heavy atom. The van der Waals surface area contributed by atoms with Gasteiger partial charge in [0.1, 0.15) is 5.76 Å². The van der Waals surface area contributed by atoms with E-state index in [0.29, 0.717) is 11.3 Å². The Balaban J connectivity index is 2.39. The van der Waals surface area contributed by atoms with Crippen LogP contribution >= 0.6 is 0 Å². The van der Waals surface area contributed by atoms with Gasteiger partial charge < -0.3 is 14.8 Å². The Kier molecular flexibility index (Phi) is 3.79. The highest BCUT2D eigenvalue weighted by molar-refractivity contribution is 5.90. The van der Waals surface area contributed by atoms with Crippen molar-refractivity contribution >= 4 is 11.9 Å². The minimum absolute atomic E-state index is 0.229. The maximum Gasteiger partial charge on any atom is 0.337 e. The minimum atomic E-state index is -1.04. The molecule has 1 heterocycles. The van der Waals surface area contributed by atoms with E-state index in [1.54, 1.807) is 6.92 Å². The summed E-state index contributed by atoms with van der Waals surface area (Å²) in [5, 5.41) is 2.80. The lowest BCUT2D eigenvalue weighted by molar-refractivity contribution is -0.136. The molecule has 0 aliphatic carbocycles. The number of amides is 1. The molecule has 0 saturated heterocycles. The number of nitrogens with one attached hydrogen (secondary N) is 1. The molecule has 0 radical (unpaired) electrons. The number of carbonyl (C=O) groups is 2. The minimum Gasteiger partial charge on any atom is -0.468 e. The fourth-order valence-corrected chi connectivity index (χ4v) is 2.37. The summed E-state index contributed by atoms with van der Waals surface area (Å²) in [5.41, 5.74) is 0.180. The molecule has 1 amide bonds. The van der Waals surface area contributed by atoms with Gasteiger partial charge in [-0.2, -0.15) is 0 Å². The number of methoxy groups -OCH3 is 1. The van der Waals surface area contributed by atoms with Crippen molar-refractivity contribution in [3.63, 3.8) is 0 Å². The summed E-state index contributed by atoms with van der Waals surface area (Å²) in [6, 6.07) is 9.29. The maximum atomic E-state index is 11.8. The van der Waals surface area contributed by atoms with E-state index in [4.69, 9.17) is 9.47 Å². The maximum absolute atomic E-state index is 11.8. The molecule has 1 atom stereocenters. The first-order chi connectivity index (χ1) is 9.48. The van der Waals surface area contributed by atoms with Crippen LogP contribution in [-0.4, -0.2) is 19.0 Å². The summed E-state index contributed by atoms with van der Waals surface area (Å²) in [4.78, 5) is 23.3. The lowest BCUT2D eigenvalue weighted by Gasteiger charge is -2.30. The molecule has 1 N–H and O–H groups in total. The zero-order valence-electron chi connectivity index (χ0n) is 11.7. The summed E-state index contributed by atoms with van der Waals surface area (Å²) >= 11 is 0. The molecular formula is C15H17NO4. The third kappa shape index (κ3) is 2.52. The number of carbonyl (C=O) groups excluding carboxylic acids is 2. The molecule has 1 aromatic rings. The second-order valence-electron chi connectivity index (χ2n) is 4.68. The van der Waals surface area contributed by atoms with Crippen molar-refractivity contribution in [2.45, 2.75) is 26.0 Å². The van der Waals surface area contributed by atoms with Crippen LogP contribution < -0.4 is 5.32 Å². The van der Waals surface area contributed by atoms with E-state index in [1.165, 1.54) is 14.0 Å². The molecule has 20 heavy (non-hydrogen) atoms. The molecule has 5 heteroatoms. The van der Waals surface area contributed by atoms with E-state index in [2.05, 4.69) is 5.32 Å². The van der Waals surface area contributed by atoms with Gasteiger partial charge in [0.05, 0.1) is 12.7 Å². The monoisotopic (exact) mass is 275 g/mol. The van der Waals surface area contributed by atoms with Gasteiger partial charge in [-0.05, 0) is 6.92 Å². The van der Waals surface area contributed by atoms with Crippen LogP contribution in [0.5, 0.6) is 0 Å². The van der Waals surface area contributed by atoms with Gasteiger partial charge in [-0.1, -0.05) is 30.3 Å². The van der Waals surface area contributed by atoms with E-state index >= 15 is 0 Å². The van der Waals surface area contributed by atoms with Crippen molar-refractivity contribution in [3.8, 4) is 0 Å². The van der Waals surface area contributed by atoms with E-state index in [0.717, 1.165) is 5.56 Å². The Hall–Kier alpha value is -2.30. The van der Waals surface area contributed by atoms with Crippen LogP contribution in [-0.2, 0) is 24.8 Å². The standard InChI is InChI=1S/C15H17NO4/c1-10-13(14(18)19-3)9-15(20-10,16-11(2)17)12-7-5-4-6-8-12/h4-8H,9H2,1-3H3,(H,16,17). The van der Waals surface area contributed by atoms with Gasteiger partial charge in [-0.3, -0.25) is 4.79 Å². The van der Waals surface area contributed by atoms with Crippen LogP contribution in [0.4, 0.5) is 0 Å². The summed E-state index contributed by atoms with van der Waals surface area (Å²) < 4.78 is 10.6. The summed E-state index contributed by atoms with van der Waals surface area (Å²) in [6.45, 7) is 3.11. The van der Waals surface area contributed by atoms with Crippen LogP contribution in [0.2, 0.25) is 0 Å². The molecule has 0 saturated carbocycles. The van der Waals surface area contributed by atoms with Gasteiger partial charge in [0, 0.05) is 18.9 Å². The van der Waals surface area contributed by atoms with E-state index in [-0.39, 0.29) is 12.3 Å². The molecular weight excluding hydrogens is 258 g/mol. The van der Waals surface area contributed by atoms with E-state index in [1.807, 2.05) is 30.3 Å². The van der Waals surface area contributed by atoms with Gasteiger partial charge >= 0.3 is 5.97 Å². The largest absolute Gasteiger partial charge is 0.468 e. The number of ether oxygens (including phenoxy) is 2. The number of esters is 1. The Bertz CT molecular complexity index is 564. The van der Waals surface area contributed by atoms with Crippen LogP contribution in [0.1, 0.15) is 25.8 Å². The zero-order chi connectivity index (χ0) is 14.8. The SMILES string of the molecule is COC(=O)C1=C(C)OC(NC(C)=O)(c2ccccc2)C1. The lowest BCUT2D eigenvalue weighted by atomic mass is 9.96.